The molecule has 4 rings (SSSR count). The lowest BCUT2D eigenvalue weighted by molar-refractivity contribution is 0.219. The molecule has 0 saturated heterocycles. The van der Waals surface area contributed by atoms with E-state index < -0.39 is 21.2 Å². The van der Waals surface area contributed by atoms with Gasteiger partial charge in [-0.15, -0.1) is 0 Å². The van der Waals surface area contributed by atoms with Crippen molar-refractivity contribution in [1.82, 2.24) is 4.98 Å². The lowest BCUT2D eigenvalue weighted by Gasteiger charge is -2.19. The van der Waals surface area contributed by atoms with E-state index in [1.807, 2.05) is 13.0 Å². The molecule has 33 heavy (non-hydrogen) atoms. The molecule has 0 radical (unpaired) electrons. The van der Waals surface area contributed by atoms with Gasteiger partial charge in [-0.2, -0.15) is 0 Å². The summed E-state index contributed by atoms with van der Waals surface area (Å²) in [6, 6.07) is 15.2. The number of primary sulfonamides is 1. The van der Waals surface area contributed by atoms with Crippen LogP contribution in [0.1, 0.15) is 24.2 Å². The second-order valence-corrected chi connectivity index (χ2v) is 9.66. The van der Waals surface area contributed by atoms with Crippen molar-refractivity contribution >= 4 is 44.2 Å². The molecular formula is C23H18Cl2N2O5S. The predicted octanol–water partition coefficient (Wildman–Crippen LogP) is 5.26. The van der Waals surface area contributed by atoms with Gasteiger partial charge in [0.15, 0.2) is 11.5 Å². The van der Waals surface area contributed by atoms with Crippen LogP contribution in [0.2, 0.25) is 10.2 Å². The zero-order chi connectivity index (χ0) is 23.9. The molecule has 0 bridgehead atoms. The molecule has 0 unspecified atom stereocenters. The molecule has 170 valence electrons. The smallest absolute Gasteiger partial charge is 0.259 e. The second kappa shape index (κ2) is 8.79. The Kier molecular flexibility index (Phi) is 6.20. The highest BCUT2D eigenvalue weighted by Gasteiger charge is 2.24. The first kappa shape index (κ1) is 23.3. The molecule has 0 aliphatic carbocycles. The number of nitrogens with zero attached hydrogens (tertiary/aromatic N) is 1. The maximum Gasteiger partial charge on any atom is 0.259 e. The highest BCUT2D eigenvalue weighted by atomic mass is 35.5. The molecule has 2 aromatic carbocycles. The third-order valence-electron chi connectivity index (χ3n) is 4.95. The number of aromatic nitrogens is 1. The van der Waals surface area contributed by atoms with Gasteiger partial charge in [-0.05, 0) is 43.7 Å². The van der Waals surface area contributed by atoms with Gasteiger partial charge in [0.2, 0.25) is 10.5 Å². The summed E-state index contributed by atoms with van der Waals surface area (Å²) in [6.07, 6.45) is -0.746. The Balaban J connectivity index is 1.90. The van der Waals surface area contributed by atoms with Crippen molar-refractivity contribution in [1.29, 1.82) is 0 Å². The number of ether oxygens (including phenoxy) is 1. The highest BCUT2D eigenvalue weighted by Crippen LogP contribution is 2.35. The topological polar surface area (TPSA) is 112 Å². The summed E-state index contributed by atoms with van der Waals surface area (Å²) in [5.41, 5.74) is 1.82. The van der Waals surface area contributed by atoms with Crippen LogP contribution in [0.4, 0.5) is 0 Å². The van der Waals surface area contributed by atoms with E-state index in [9.17, 15) is 13.2 Å². The largest absolute Gasteiger partial charge is 0.483 e. The van der Waals surface area contributed by atoms with Crippen molar-refractivity contribution in [3.05, 3.63) is 86.1 Å². The third kappa shape index (κ3) is 4.60. The molecule has 0 amide bonds. The summed E-state index contributed by atoms with van der Waals surface area (Å²) in [7, 11) is -4.20. The number of hydrogen-bond donors (Lipinski definition) is 1. The van der Waals surface area contributed by atoms with Crippen LogP contribution < -0.4 is 15.3 Å². The summed E-state index contributed by atoms with van der Waals surface area (Å²) < 4.78 is 36.0. The Morgan fingerprint density at radius 1 is 1.09 bits per heavy atom. The Morgan fingerprint density at radius 3 is 2.45 bits per heavy atom. The summed E-state index contributed by atoms with van der Waals surface area (Å²) in [5.74, 6) is 0.147. The lowest BCUT2D eigenvalue weighted by atomic mass is 10.0. The first-order valence-corrected chi connectivity index (χ1v) is 12.0. The van der Waals surface area contributed by atoms with Crippen LogP contribution in [0, 0.1) is 6.92 Å². The van der Waals surface area contributed by atoms with E-state index >= 15 is 0 Å². The number of fused-ring (bicyclic) bond motifs is 1. The maximum atomic E-state index is 13.1. The average molecular weight is 505 g/mol. The second-order valence-electron chi connectivity index (χ2n) is 7.41. The van der Waals surface area contributed by atoms with E-state index in [2.05, 4.69) is 4.98 Å². The van der Waals surface area contributed by atoms with Crippen LogP contribution in [0.3, 0.4) is 0 Å². The molecule has 1 atom stereocenters. The molecule has 0 aliphatic rings. The van der Waals surface area contributed by atoms with Crippen molar-refractivity contribution in [2.45, 2.75) is 25.0 Å². The fourth-order valence-corrected chi connectivity index (χ4v) is 4.55. The van der Waals surface area contributed by atoms with Crippen molar-refractivity contribution in [3.63, 3.8) is 0 Å². The molecule has 2 aromatic heterocycles. The number of hydrogen-bond acceptors (Lipinski definition) is 6. The number of benzene rings is 2. The number of halogens is 2. The zero-order valence-electron chi connectivity index (χ0n) is 17.5. The molecular weight excluding hydrogens is 487 g/mol. The van der Waals surface area contributed by atoms with Gasteiger partial charge in [-0.3, -0.25) is 4.79 Å². The Morgan fingerprint density at radius 2 is 1.79 bits per heavy atom. The average Bonchev–Trinajstić information content (AvgIpc) is 2.77. The summed E-state index contributed by atoms with van der Waals surface area (Å²) in [6.45, 7) is 3.50. The van der Waals surface area contributed by atoms with Crippen LogP contribution in [-0.2, 0) is 10.0 Å². The van der Waals surface area contributed by atoms with E-state index in [0.29, 0.717) is 11.1 Å². The minimum atomic E-state index is -4.20. The first-order chi connectivity index (χ1) is 15.6. The van der Waals surface area contributed by atoms with Crippen LogP contribution in [-0.4, -0.2) is 13.4 Å². The minimum Gasteiger partial charge on any atom is -0.483 e. The Hall–Kier alpha value is -2.91. The normalized spacial score (nSPS) is 12.6. The highest BCUT2D eigenvalue weighted by molar-refractivity contribution is 7.89. The van der Waals surface area contributed by atoms with E-state index in [1.165, 1.54) is 12.1 Å². The van der Waals surface area contributed by atoms with Gasteiger partial charge in [0.25, 0.3) is 10.0 Å². The number of pyridine rings is 1. The van der Waals surface area contributed by atoms with Gasteiger partial charge >= 0.3 is 0 Å². The summed E-state index contributed by atoms with van der Waals surface area (Å²) in [5, 5.41) is 4.99. The monoisotopic (exact) mass is 504 g/mol. The van der Waals surface area contributed by atoms with Crippen molar-refractivity contribution < 1.29 is 17.6 Å². The molecule has 2 heterocycles. The number of sulfonamides is 1. The minimum absolute atomic E-state index is 0.0303. The molecule has 0 spiro atoms. The molecule has 10 heteroatoms. The van der Waals surface area contributed by atoms with E-state index in [0.717, 1.165) is 5.56 Å². The maximum absolute atomic E-state index is 13.1. The molecule has 0 fully saturated rings. The quantitative estimate of drug-likeness (QED) is 0.371. The van der Waals surface area contributed by atoms with Crippen LogP contribution >= 0.6 is 23.2 Å². The van der Waals surface area contributed by atoms with Crippen LogP contribution in [0.5, 0.6) is 5.75 Å². The van der Waals surface area contributed by atoms with Gasteiger partial charge in [-0.25, -0.2) is 18.5 Å². The van der Waals surface area contributed by atoms with E-state index in [4.69, 9.17) is 37.5 Å². The molecule has 7 nitrogen and oxygen atoms in total. The molecule has 4 aromatic rings. The van der Waals surface area contributed by atoms with Crippen LogP contribution in [0.25, 0.3) is 22.3 Å². The van der Waals surface area contributed by atoms with Gasteiger partial charge in [0, 0.05) is 11.1 Å². The zero-order valence-corrected chi connectivity index (χ0v) is 19.8. The molecule has 0 aliphatic heterocycles. The van der Waals surface area contributed by atoms with Gasteiger partial charge in [-0.1, -0.05) is 53.5 Å². The molecule has 0 saturated carbocycles. The standard InChI is InChI=1S/C23H18Cl2N2O5S/c1-12-10-15(13(2)31-17-8-9-18(24)27-23(17)33(26,29)30)22-16(11-12)20(28)19(25)21(32-22)14-6-4-3-5-7-14/h3-11,13H,1-2H3,(H2,26,29,30)/t13-/m1/s1. The summed E-state index contributed by atoms with van der Waals surface area (Å²) >= 11 is 12.2. The Bertz CT molecular complexity index is 1540. The SMILES string of the molecule is Cc1cc([C@@H](C)Oc2ccc(Cl)nc2S(N)(=O)=O)c2oc(-c3ccccc3)c(Cl)c(=O)c2c1. The third-order valence-corrected chi connectivity index (χ3v) is 6.33. The molecule has 2 N–H and O–H groups in total. The van der Waals surface area contributed by atoms with E-state index in [-0.39, 0.29) is 38.1 Å². The van der Waals surface area contributed by atoms with Gasteiger partial charge in [0.05, 0.1) is 5.39 Å². The van der Waals surface area contributed by atoms with Crippen LogP contribution in [0.15, 0.2) is 68.8 Å². The van der Waals surface area contributed by atoms with Crippen molar-refractivity contribution in [2.75, 3.05) is 0 Å². The Labute approximate surface area is 199 Å². The fraction of sp³-hybridized carbons (Fsp3) is 0.130. The predicted molar refractivity (Wildman–Crippen MR) is 127 cm³/mol. The lowest BCUT2D eigenvalue weighted by Crippen LogP contribution is -2.17. The first-order valence-electron chi connectivity index (χ1n) is 9.74. The van der Waals surface area contributed by atoms with Gasteiger partial charge < -0.3 is 9.15 Å². The fourth-order valence-electron chi connectivity index (χ4n) is 3.48. The van der Waals surface area contributed by atoms with Gasteiger partial charge in [0.1, 0.15) is 21.9 Å². The summed E-state index contributed by atoms with van der Waals surface area (Å²) in [4.78, 5) is 16.9. The van der Waals surface area contributed by atoms with Crippen molar-refractivity contribution in [2.24, 2.45) is 5.14 Å². The van der Waals surface area contributed by atoms with E-state index in [1.54, 1.807) is 43.3 Å². The van der Waals surface area contributed by atoms with Crippen molar-refractivity contribution in [3.8, 4) is 17.1 Å². The number of rotatable bonds is 5. The number of aryl methyl sites for hydroxylation is 1. The number of nitrogens with two attached hydrogens (primary N) is 1.